The average molecular weight is 120 g/mol. The van der Waals surface area contributed by atoms with E-state index >= 15 is 0 Å². The molecule has 0 aromatic heterocycles. The van der Waals surface area contributed by atoms with Crippen molar-refractivity contribution in [3.8, 4) is 0 Å². The van der Waals surface area contributed by atoms with Crippen molar-refractivity contribution >= 4 is 7.25 Å². The fraction of sp³-hybridized carbons (Fsp3) is 0. The first-order valence-corrected chi connectivity index (χ1v) is 1.14. The molecule has 0 amide bonds. The Morgan fingerprint density at radius 1 is 0.857 bits per heavy atom. The predicted octanol–water partition coefficient (Wildman–Crippen LogP) is 2.05. The topological polar surface area (TPSA) is 0 Å². The molecule has 0 saturated heterocycles. The van der Waals surface area contributed by atoms with Gasteiger partial charge in [-0.1, -0.05) is 0 Å². The minimum Gasteiger partial charge on any atom is -0.418 e. The van der Waals surface area contributed by atoms with E-state index in [2.05, 4.69) is 0 Å². The van der Waals surface area contributed by atoms with Gasteiger partial charge in [0.2, 0.25) is 0 Å². The Balaban J connectivity index is 0. The van der Waals surface area contributed by atoms with E-state index in [1.165, 1.54) is 0 Å². The van der Waals surface area contributed by atoms with Crippen molar-refractivity contribution in [3.63, 3.8) is 0 Å². The van der Waals surface area contributed by atoms with Gasteiger partial charge >= 0.3 is 7.25 Å². The maximum Gasteiger partial charge on any atom is 0.673 e. The van der Waals surface area contributed by atoms with E-state index in [0.29, 0.717) is 0 Å². The lowest BCUT2D eigenvalue weighted by molar-refractivity contribution is 0.368. The molecule has 6 heteroatoms. The molecular weight excluding hydrogens is 118 g/mol. The summed E-state index contributed by atoms with van der Waals surface area (Å²) in [5.74, 6) is 0. The van der Waals surface area contributed by atoms with E-state index in [1.807, 2.05) is 0 Å². The van der Waals surface area contributed by atoms with Crippen molar-refractivity contribution in [2.24, 2.45) is 0 Å². The molecule has 0 aliphatic carbocycles. The molecule has 0 saturated carbocycles. The second-order valence-electron chi connectivity index (χ2n) is 0.495. The molecule has 0 unspecified atom stereocenters. The predicted molar refractivity (Wildman–Crippen MR) is 16.7 cm³/mol. The van der Waals surface area contributed by atoms with Gasteiger partial charge in [-0.3, -0.25) is 0 Å². The maximum absolute atomic E-state index is 9.75. The SMILES string of the molecule is F[B-](F)(F)F.[CH2]F. The number of halogens is 5. The molecule has 0 bridgehead atoms. The number of hydrogen-bond donors (Lipinski definition) is 0. The highest BCUT2D eigenvalue weighted by Crippen LogP contribution is 2.06. The van der Waals surface area contributed by atoms with Crippen LogP contribution in [-0.2, 0) is 0 Å². The van der Waals surface area contributed by atoms with Crippen molar-refractivity contribution in [2.75, 3.05) is 0 Å². The van der Waals surface area contributed by atoms with Crippen LogP contribution in [0.4, 0.5) is 21.7 Å². The fourth-order valence-corrected chi connectivity index (χ4v) is 0. The van der Waals surface area contributed by atoms with Crippen LogP contribution in [0.5, 0.6) is 0 Å². The van der Waals surface area contributed by atoms with Crippen molar-refractivity contribution in [2.45, 2.75) is 0 Å². The van der Waals surface area contributed by atoms with Crippen LogP contribution in [0.2, 0.25) is 0 Å². The zero-order valence-corrected chi connectivity index (χ0v) is 3.17. The van der Waals surface area contributed by atoms with Crippen molar-refractivity contribution in [1.82, 2.24) is 0 Å². The van der Waals surface area contributed by atoms with Crippen LogP contribution in [-0.4, -0.2) is 7.25 Å². The highest BCUT2D eigenvalue weighted by molar-refractivity contribution is 6.50. The van der Waals surface area contributed by atoms with Gasteiger partial charge in [-0.15, -0.1) is 0 Å². The lowest BCUT2D eigenvalue weighted by Crippen LogP contribution is -2.02. The van der Waals surface area contributed by atoms with Crippen LogP contribution in [0, 0.1) is 7.18 Å². The van der Waals surface area contributed by atoms with E-state index in [1.54, 1.807) is 7.18 Å². The summed E-state index contributed by atoms with van der Waals surface area (Å²) in [5, 5.41) is 0. The van der Waals surface area contributed by atoms with Gasteiger partial charge in [0.05, 0.1) is 0 Å². The molecule has 1 radical (unpaired) electrons. The summed E-state index contributed by atoms with van der Waals surface area (Å²) in [6, 6.07) is 0. The molecule has 0 heterocycles. The third-order valence-corrected chi connectivity index (χ3v) is 0. The molecule has 7 heavy (non-hydrogen) atoms. The summed E-state index contributed by atoms with van der Waals surface area (Å²) < 4.78 is 48.2. The lowest BCUT2D eigenvalue weighted by atomic mass is 10.3. The third-order valence-electron chi connectivity index (χ3n) is 0. The van der Waals surface area contributed by atoms with E-state index in [0.717, 1.165) is 0 Å². The van der Waals surface area contributed by atoms with E-state index in [9.17, 15) is 21.7 Å². The Kier molecular flexibility index (Phi) is 5.48. The summed E-state index contributed by atoms with van der Waals surface area (Å²) in [6.45, 7) is 0. The van der Waals surface area contributed by atoms with Gasteiger partial charge in [-0.05, 0) is 0 Å². The molecule has 0 aliphatic rings. The monoisotopic (exact) mass is 120 g/mol. The molecule has 0 spiro atoms. The van der Waals surface area contributed by atoms with Gasteiger partial charge in [0.1, 0.15) is 7.18 Å². The van der Waals surface area contributed by atoms with E-state index < -0.39 is 7.25 Å². The summed E-state index contributed by atoms with van der Waals surface area (Å²) >= 11 is 0. The Labute approximate surface area is 37.4 Å². The van der Waals surface area contributed by atoms with Gasteiger partial charge < -0.3 is 17.3 Å². The molecule has 0 N–H and O–H groups in total. The second kappa shape index (κ2) is 3.89. The number of rotatable bonds is 0. The van der Waals surface area contributed by atoms with Crippen LogP contribution >= 0.6 is 0 Å². The molecule has 45 valence electrons. The minimum absolute atomic E-state index is 1.75. The molecule has 0 fully saturated rings. The maximum atomic E-state index is 9.75. The summed E-state index contributed by atoms with van der Waals surface area (Å²) in [4.78, 5) is 0. The Morgan fingerprint density at radius 3 is 0.857 bits per heavy atom. The Bertz CT molecular complexity index is 23.6. The second-order valence-corrected chi connectivity index (χ2v) is 0.495. The smallest absolute Gasteiger partial charge is 0.418 e. The summed E-state index contributed by atoms with van der Waals surface area (Å²) in [5.41, 5.74) is 0. The Hall–Kier alpha value is -0.285. The quantitative estimate of drug-likeness (QED) is 0.339. The average Bonchev–Trinajstić information content (AvgIpc) is 1.36. The fourth-order valence-electron chi connectivity index (χ4n) is 0. The van der Waals surface area contributed by atoms with Crippen LogP contribution in [0.3, 0.4) is 0 Å². The van der Waals surface area contributed by atoms with Crippen LogP contribution in [0.25, 0.3) is 0 Å². The first-order chi connectivity index (χ1) is 3.00. The highest BCUT2D eigenvalue weighted by atomic mass is 19.5. The van der Waals surface area contributed by atoms with Gasteiger partial charge in [-0.25, -0.2) is 4.39 Å². The zero-order chi connectivity index (χ0) is 6.50. The van der Waals surface area contributed by atoms with Gasteiger partial charge in [0, 0.05) is 0 Å². The minimum atomic E-state index is -6.00. The molecule has 0 atom stereocenters. The molecule has 0 nitrogen and oxygen atoms in total. The molecule has 0 aromatic carbocycles. The molecule has 0 aromatic rings. The molecule has 0 rings (SSSR count). The largest absolute Gasteiger partial charge is 0.673 e. The first kappa shape index (κ1) is 9.87. The number of hydrogen-bond acceptors (Lipinski definition) is 0. The first-order valence-electron chi connectivity index (χ1n) is 1.14. The standard InChI is InChI=1S/CH2F.BF4/c1-2;2-1(3,4)5/h1H2;/q;-1. The van der Waals surface area contributed by atoms with Crippen molar-refractivity contribution in [3.05, 3.63) is 7.18 Å². The van der Waals surface area contributed by atoms with Crippen LogP contribution < -0.4 is 0 Å². The highest BCUT2D eigenvalue weighted by Gasteiger charge is 2.20. The van der Waals surface area contributed by atoms with Gasteiger partial charge in [0.15, 0.2) is 0 Å². The van der Waals surface area contributed by atoms with Gasteiger partial charge in [0.25, 0.3) is 0 Å². The molecule has 0 aliphatic heterocycles. The van der Waals surface area contributed by atoms with E-state index in [-0.39, 0.29) is 0 Å². The Morgan fingerprint density at radius 2 is 0.857 bits per heavy atom. The molecular formula is CH2BF5-. The van der Waals surface area contributed by atoms with E-state index in [4.69, 9.17) is 0 Å². The van der Waals surface area contributed by atoms with Crippen LogP contribution in [0.1, 0.15) is 0 Å². The van der Waals surface area contributed by atoms with Gasteiger partial charge in [-0.2, -0.15) is 0 Å². The van der Waals surface area contributed by atoms with Crippen molar-refractivity contribution < 1.29 is 21.7 Å². The lowest BCUT2D eigenvalue weighted by Gasteiger charge is -1.94. The summed E-state index contributed by atoms with van der Waals surface area (Å²) in [6.07, 6.45) is 0. The normalized spacial score (nSPS) is 9.43. The third kappa shape index (κ3) is 971. The zero-order valence-electron chi connectivity index (χ0n) is 3.17. The summed E-state index contributed by atoms with van der Waals surface area (Å²) in [7, 11) is -4.25. The van der Waals surface area contributed by atoms with Crippen LogP contribution in [0.15, 0.2) is 0 Å². The van der Waals surface area contributed by atoms with Crippen molar-refractivity contribution in [1.29, 1.82) is 0 Å².